The summed E-state index contributed by atoms with van der Waals surface area (Å²) in [5.41, 5.74) is 6.22. The molecule has 1 amide bonds. The zero-order valence-corrected chi connectivity index (χ0v) is 16.1. The molecule has 0 unspecified atom stereocenters. The molecule has 0 radical (unpaired) electrons. The Morgan fingerprint density at radius 2 is 1.71 bits per heavy atom. The van der Waals surface area contributed by atoms with Gasteiger partial charge in [-0.2, -0.15) is 0 Å². The Labute approximate surface area is 164 Å². The summed E-state index contributed by atoms with van der Waals surface area (Å²) < 4.78 is 32.0. The first-order valence-electron chi connectivity index (χ1n) is 8.98. The van der Waals surface area contributed by atoms with E-state index in [1.165, 1.54) is 16.4 Å². The van der Waals surface area contributed by atoms with Crippen molar-refractivity contribution in [2.24, 2.45) is 11.7 Å². The third kappa shape index (κ3) is 4.96. The van der Waals surface area contributed by atoms with Crippen molar-refractivity contribution >= 4 is 21.9 Å². The lowest BCUT2D eigenvalue weighted by atomic mass is 9.98. The van der Waals surface area contributed by atoms with Crippen LogP contribution in [0, 0.1) is 5.92 Å². The summed E-state index contributed by atoms with van der Waals surface area (Å²) in [5, 5.41) is 0. The van der Waals surface area contributed by atoms with Gasteiger partial charge in [0.1, 0.15) is 5.75 Å². The molecule has 0 bridgehead atoms. The van der Waals surface area contributed by atoms with Crippen LogP contribution >= 0.6 is 0 Å². The van der Waals surface area contributed by atoms with E-state index in [0.717, 1.165) is 5.56 Å². The zero-order chi connectivity index (χ0) is 20.1. The summed E-state index contributed by atoms with van der Waals surface area (Å²) in [6, 6.07) is 15.1. The van der Waals surface area contributed by atoms with E-state index in [-0.39, 0.29) is 36.1 Å². The fourth-order valence-corrected chi connectivity index (χ4v) is 4.72. The Kier molecular flexibility index (Phi) is 6.11. The van der Waals surface area contributed by atoms with Crippen LogP contribution in [-0.4, -0.2) is 37.7 Å². The molecule has 2 aromatic rings. The van der Waals surface area contributed by atoms with Gasteiger partial charge in [0.2, 0.25) is 15.9 Å². The Morgan fingerprint density at radius 3 is 2.36 bits per heavy atom. The fraction of sp³-hybridized carbons (Fsp3) is 0.300. The Bertz CT molecular complexity index is 952. The van der Waals surface area contributed by atoms with E-state index in [1.807, 2.05) is 6.07 Å². The first-order valence-corrected chi connectivity index (χ1v) is 10.6. The second-order valence-electron chi connectivity index (χ2n) is 6.73. The second-order valence-corrected chi connectivity index (χ2v) is 8.70. The van der Waals surface area contributed by atoms with Crippen LogP contribution in [-0.2, 0) is 20.6 Å². The predicted molar refractivity (Wildman–Crippen MR) is 104 cm³/mol. The lowest BCUT2D eigenvalue weighted by Gasteiger charge is -2.30. The number of carbonyl (C=O) groups excluding carboxylic acids is 2. The van der Waals surface area contributed by atoms with Crippen LogP contribution in [0.1, 0.15) is 28.8 Å². The van der Waals surface area contributed by atoms with E-state index in [4.69, 9.17) is 10.5 Å². The van der Waals surface area contributed by atoms with Crippen molar-refractivity contribution in [3.05, 3.63) is 65.7 Å². The fourth-order valence-electron chi connectivity index (χ4n) is 3.16. The summed E-state index contributed by atoms with van der Waals surface area (Å²) in [7, 11) is -3.43. The average molecular weight is 402 g/mol. The highest BCUT2D eigenvalue weighted by Gasteiger charge is 2.32. The average Bonchev–Trinajstić information content (AvgIpc) is 2.68. The van der Waals surface area contributed by atoms with E-state index < -0.39 is 21.9 Å². The van der Waals surface area contributed by atoms with Gasteiger partial charge in [0.15, 0.2) is 0 Å². The number of hydrogen-bond donors (Lipinski definition) is 1. The van der Waals surface area contributed by atoms with Crippen LogP contribution in [0.3, 0.4) is 0 Å². The van der Waals surface area contributed by atoms with Crippen molar-refractivity contribution in [3.8, 4) is 5.75 Å². The highest BCUT2D eigenvalue weighted by molar-refractivity contribution is 7.88. The number of amides is 1. The van der Waals surface area contributed by atoms with Crippen LogP contribution in [0.2, 0.25) is 0 Å². The van der Waals surface area contributed by atoms with Crippen LogP contribution in [0.15, 0.2) is 54.6 Å². The van der Waals surface area contributed by atoms with E-state index in [2.05, 4.69) is 0 Å². The van der Waals surface area contributed by atoms with Crippen molar-refractivity contribution < 1.29 is 22.7 Å². The number of hydrogen-bond acceptors (Lipinski definition) is 5. The Balaban J connectivity index is 1.56. The Morgan fingerprint density at radius 1 is 1.04 bits per heavy atom. The van der Waals surface area contributed by atoms with Gasteiger partial charge in [-0.3, -0.25) is 9.59 Å². The van der Waals surface area contributed by atoms with Gasteiger partial charge in [0, 0.05) is 18.7 Å². The molecule has 0 aromatic heterocycles. The molecule has 1 aliphatic heterocycles. The number of benzene rings is 2. The number of nitrogens with zero attached hydrogens (tertiary/aromatic N) is 1. The number of ether oxygens (including phenoxy) is 1. The minimum atomic E-state index is -3.43. The van der Waals surface area contributed by atoms with Crippen molar-refractivity contribution in [2.75, 3.05) is 13.1 Å². The third-order valence-corrected chi connectivity index (χ3v) is 6.56. The molecule has 0 aliphatic carbocycles. The maximum atomic E-state index is 12.6. The molecule has 0 atom stereocenters. The number of primary amides is 1. The van der Waals surface area contributed by atoms with E-state index in [0.29, 0.717) is 12.8 Å². The number of sulfonamides is 1. The second kappa shape index (κ2) is 8.53. The highest BCUT2D eigenvalue weighted by Crippen LogP contribution is 2.24. The number of esters is 1. The molecular formula is C20H22N2O5S. The normalized spacial score (nSPS) is 15.9. The topological polar surface area (TPSA) is 107 Å². The molecule has 3 rings (SSSR count). The molecule has 148 valence electrons. The monoisotopic (exact) mass is 402 g/mol. The first-order chi connectivity index (χ1) is 13.3. The van der Waals surface area contributed by atoms with Gasteiger partial charge in [0.05, 0.1) is 11.7 Å². The molecular weight excluding hydrogens is 380 g/mol. The predicted octanol–water partition coefficient (Wildman–Crippen LogP) is 1.93. The lowest BCUT2D eigenvalue weighted by Crippen LogP contribution is -2.41. The molecule has 0 saturated carbocycles. The lowest BCUT2D eigenvalue weighted by molar-refractivity contribution is -0.140. The molecule has 7 nitrogen and oxygen atoms in total. The van der Waals surface area contributed by atoms with Crippen LogP contribution in [0.4, 0.5) is 0 Å². The minimum absolute atomic E-state index is 0.0527. The van der Waals surface area contributed by atoms with E-state index >= 15 is 0 Å². The van der Waals surface area contributed by atoms with Gasteiger partial charge in [-0.15, -0.1) is 0 Å². The number of nitrogens with two attached hydrogens (primary N) is 1. The molecule has 2 N–H and O–H groups in total. The molecule has 8 heteroatoms. The quantitative estimate of drug-likeness (QED) is 0.587. The zero-order valence-electron chi connectivity index (χ0n) is 15.3. The first kappa shape index (κ1) is 20.0. The number of piperidine rings is 1. The van der Waals surface area contributed by atoms with Crippen LogP contribution in [0.25, 0.3) is 0 Å². The Hall–Kier alpha value is -2.71. The van der Waals surface area contributed by atoms with Crippen molar-refractivity contribution in [2.45, 2.75) is 18.6 Å². The summed E-state index contributed by atoms with van der Waals surface area (Å²) in [6.45, 7) is 0.548. The maximum absolute atomic E-state index is 12.6. The molecule has 0 spiro atoms. The summed E-state index contributed by atoms with van der Waals surface area (Å²) in [5.74, 6) is -1.22. The van der Waals surface area contributed by atoms with Crippen molar-refractivity contribution in [1.29, 1.82) is 0 Å². The molecule has 1 heterocycles. The van der Waals surface area contributed by atoms with Gasteiger partial charge in [-0.1, -0.05) is 36.4 Å². The highest BCUT2D eigenvalue weighted by atomic mass is 32.2. The number of carbonyl (C=O) groups is 2. The van der Waals surface area contributed by atoms with Gasteiger partial charge < -0.3 is 10.5 Å². The molecule has 28 heavy (non-hydrogen) atoms. The SMILES string of the molecule is NC(=O)c1cccc(OC(=O)C2CCN(S(=O)(=O)Cc3ccccc3)CC2)c1. The largest absolute Gasteiger partial charge is 0.426 e. The van der Waals surface area contributed by atoms with Gasteiger partial charge in [-0.25, -0.2) is 12.7 Å². The van der Waals surface area contributed by atoms with Crippen molar-refractivity contribution in [1.82, 2.24) is 4.31 Å². The third-order valence-electron chi connectivity index (χ3n) is 4.71. The minimum Gasteiger partial charge on any atom is -0.426 e. The summed E-state index contributed by atoms with van der Waals surface area (Å²) in [6.07, 6.45) is 0.782. The van der Waals surface area contributed by atoms with Crippen molar-refractivity contribution in [3.63, 3.8) is 0 Å². The summed E-state index contributed by atoms with van der Waals surface area (Å²) >= 11 is 0. The molecule has 1 saturated heterocycles. The summed E-state index contributed by atoms with van der Waals surface area (Å²) in [4.78, 5) is 23.6. The van der Waals surface area contributed by atoms with Gasteiger partial charge in [-0.05, 0) is 36.6 Å². The van der Waals surface area contributed by atoms with Gasteiger partial charge >= 0.3 is 5.97 Å². The van der Waals surface area contributed by atoms with Crippen LogP contribution < -0.4 is 10.5 Å². The van der Waals surface area contributed by atoms with E-state index in [9.17, 15) is 18.0 Å². The maximum Gasteiger partial charge on any atom is 0.314 e. The van der Waals surface area contributed by atoms with Gasteiger partial charge in [0.25, 0.3) is 0 Å². The van der Waals surface area contributed by atoms with Crippen LogP contribution in [0.5, 0.6) is 5.75 Å². The molecule has 2 aromatic carbocycles. The van der Waals surface area contributed by atoms with E-state index in [1.54, 1.807) is 36.4 Å². The smallest absolute Gasteiger partial charge is 0.314 e. The standard InChI is InChI=1S/C20H22N2O5S/c21-19(23)17-7-4-8-18(13-17)27-20(24)16-9-11-22(12-10-16)28(25,26)14-15-5-2-1-3-6-15/h1-8,13,16H,9-12,14H2,(H2,21,23). The molecule has 1 fully saturated rings. The number of rotatable bonds is 6. The molecule has 1 aliphatic rings.